The minimum absolute atomic E-state index is 0. The zero-order chi connectivity index (χ0) is 20.6. The van der Waals surface area contributed by atoms with Crippen LogP contribution in [0.25, 0.3) is 22.2 Å². The average Bonchev–Trinajstić information content (AvgIpc) is 2.74. The number of benzene rings is 2. The molecule has 2 aromatic carbocycles. The number of pyridine rings is 1. The third-order valence-electron chi connectivity index (χ3n) is 5.93. The molecule has 1 saturated heterocycles. The smallest absolute Gasteiger partial charge is 0.254 e. The van der Waals surface area contributed by atoms with Gasteiger partial charge in [0.25, 0.3) is 5.91 Å². The number of amides is 1. The standard InChI is InChI=1S/C24H27N3O2.2ClH/c1-24(2)15-27(13-12-22(24)25)23(28)19-14-21(16-8-10-17(29-3)11-9-16)26-20-7-5-4-6-18(19)20;;/h4-11,14,22H,12-13,15,25H2,1-3H3;2*1H. The van der Waals surface area contributed by atoms with Gasteiger partial charge in [0, 0.05) is 30.1 Å². The summed E-state index contributed by atoms with van der Waals surface area (Å²) in [6.45, 7) is 5.59. The molecule has 1 fully saturated rings. The predicted octanol–water partition coefficient (Wildman–Crippen LogP) is 4.95. The zero-order valence-corrected chi connectivity index (χ0v) is 19.6. The molecule has 4 rings (SSSR count). The van der Waals surface area contributed by atoms with E-state index in [0.29, 0.717) is 18.7 Å². The van der Waals surface area contributed by atoms with Crippen molar-refractivity contribution in [3.8, 4) is 17.0 Å². The highest BCUT2D eigenvalue weighted by molar-refractivity contribution is 6.07. The molecule has 5 nitrogen and oxygen atoms in total. The van der Waals surface area contributed by atoms with Gasteiger partial charge >= 0.3 is 0 Å². The second kappa shape index (κ2) is 9.86. The van der Waals surface area contributed by atoms with Crippen LogP contribution < -0.4 is 10.5 Å². The molecule has 1 unspecified atom stereocenters. The van der Waals surface area contributed by atoms with Crippen molar-refractivity contribution in [3.63, 3.8) is 0 Å². The highest BCUT2D eigenvalue weighted by Crippen LogP contribution is 2.31. The third kappa shape index (κ3) is 4.95. The summed E-state index contributed by atoms with van der Waals surface area (Å²) in [5.41, 5.74) is 9.40. The van der Waals surface area contributed by atoms with Crippen LogP contribution in [0.3, 0.4) is 0 Å². The number of nitrogens with zero attached hydrogens (tertiary/aromatic N) is 2. The number of carbonyl (C=O) groups excluding carboxylic acids is 1. The van der Waals surface area contributed by atoms with Crippen molar-refractivity contribution in [1.82, 2.24) is 9.88 Å². The molecular formula is C24H29Cl2N3O2. The highest BCUT2D eigenvalue weighted by Gasteiger charge is 2.36. The van der Waals surface area contributed by atoms with E-state index in [1.54, 1.807) is 7.11 Å². The van der Waals surface area contributed by atoms with Gasteiger partial charge in [-0.05, 0) is 48.2 Å². The van der Waals surface area contributed by atoms with Crippen LogP contribution in [0.1, 0.15) is 30.6 Å². The molecule has 1 aliphatic rings. The Morgan fingerprint density at radius 1 is 1.13 bits per heavy atom. The van der Waals surface area contributed by atoms with E-state index in [1.807, 2.05) is 59.5 Å². The summed E-state index contributed by atoms with van der Waals surface area (Å²) in [7, 11) is 1.64. The molecule has 0 radical (unpaired) electrons. The molecule has 0 aliphatic carbocycles. The third-order valence-corrected chi connectivity index (χ3v) is 5.93. The molecule has 1 aromatic heterocycles. The fourth-order valence-electron chi connectivity index (χ4n) is 3.98. The molecule has 1 atom stereocenters. The summed E-state index contributed by atoms with van der Waals surface area (Å²) in [6, 6.07) is 17.6. The summed E-state index contributed by atoms with van der Waals surface area (Å²) in [6.07, 6.45) is 0.813. The van der Waals surface area contributed by atoms with Crippen LogP contribution in [0.4, 0.5) is 0 Å². The first kappa shape index (κ1) is 24.9. The maximum absolute atomic E-state index is 13.5. The van der Waals surface area contributed by atoms with Crippen molar-refractivity contribution in [2.24, 2.45) is 11.1 Å². The van der Waals surface area contributed by atoms with E-state index in [2.05, 4.69) is 13.8 Å². The first-order valence-corrected chi connectivity index (χ1v) is 9.98. The molecule has 0 bridgehead atoms. The van der Waals surface area contributed by atoms with Gasteiger partial charge in [0.05, 0.1) is 23.9 Å². The Labute approximate surface area is 195 Å². The van der Waals surface area contributed by atoms with E-state index < -0.39 is 0 Å². The molecular weight excluding hydrogens is 433 g/mol. The minimum atomic E-state index is -0.102. The summed E-state index contributed by atoms with van der Waals surface area (Å²) in [4.78, 5) is 20.3. The molecule has 31 heavy (non-hydrogen) atoms. The number of hydrogen-bond acceptors (Lipinski definition) is 4. The average molecular weight is 462 g/mol. The van der Waals surface area contributed by atoms with Crippen LogP contribution in [-0.4, -0.2) is 42.0 Å². The lowest BCUT2D eigenvalue weighted by molar-refractivity contribution is 0.0535. The van der Waals surface area contributed by atoms with Crippen LogP contribution in [0.2, 0.25) is 0 Å². The Hall–Kier alpha value is -2.34. The molecule has 0 spiro atoms. The van der Waals surface area contributed by atoms with Gasteiger partial charge in [0.1, 0.15) is 5.75 Å². The number of nitrogens with two attached hydrogens (primary N) is 1. The van der Waals surface area contributed by atoms with Crippen molar-refractivity contribution in [2.45, 2.75) is 26.3 Å². The van der Waals surface area contributed by atoms with Crippen LogP contribution in [0, 0.1) is 5.41 Å². The van der Waals surface area contributed by atoms with Crippen molar-refractivity contribution in [2.75, 3.05) is 20.2 Å². The van der Waals surface area contributed by atoms with Gasteiger partial charge in [0.15, 0.2) is 0 Å². The summed E-state index contributed by atoms with van der Waals surface area (Å²) in [5, 5.41) is 0.877. The van der Waals surface area contributed by atoms with Gasteiger partial charge in [-0.25, -0.2) is 4.98 Å². The summed E-state index contributed by atoms with van der Waals surface area (Å²) >= 11 is 0. The van der Waals surface area contributed by atoms with E-state index in [1.165, 1.54) is 0 Å². The maximum Gasteiger partial charge on any atom is 0.254 e. The van der Waals surface area contributed by atoms with Crippen molar-refractivity contribution < 1.29 is 9.53 Å². The Balaban J connectivity index is 0.00000171. The van der Waals surface area contributed by atoms with E-state index >= 15 is 0 Å². The summed E-state index contributed by atoms with van der Waals surface area (Å²) in [5.74, 6) is 0.830. The second-order valence-electron chi connectivity index (χ2n) is 8.41. The normalized spacial score (nSPS) is 17.4. The maximum atomic E-state index is 13.5. The number of rotatable bonds is 3. The predicted molar refractivity (Wildman–Crippen MR) is 131 cm³/mol. The molecule has 2 N–H and O–H groups in total. The number of para-hydroxylation sites is 1. The van der Waals surface area contributed by atoms with Gasteiger partial charge in [0.2, 0.25) is 0 Å². The Kier molecular flexibility index (Phi) is 7.93. The lowest BCUT2D eigenvalue weighted by atomic mass is 9.79. The molecule has 3 aromatic rings. The number of fused-ring (bicyclic) bond motifs is 1. The van der Waals surface area contributed by atoms with Crippen molar-refractivity contribution >= 4 is 41.6 Å². The minimum Gasteiger partial charge on any atom is -0.497 e. The van der Waals surface area contributed by atoms with E-state index in [-0.39, 0.29) is 42.2 Å². The van der Waals surface area contributed by atoms with Gasteiger partial charge in [-0.1, -0.05) is 32.0 Å². The fraction of sp³-hybridized carbons (Fsp3) is 0.333. The van der Waals surface area contributed by atoms with Crippen LogP contribution in [0.5, 0.6) is 5.75 Å². The lowest BCUT2D eigenvalue weighted by Crippen LogP contribution is -2.54. The van der Waals surface area contributed by atoms with E-state index in [4.69, 9.17) is 15.5 Å². The van der Waals surface area contributed by atoms with Gasteiger partial charge in [-0.3, -0.25) is 4.79 Å². The van der Waals surface area contributed by atoms with Crippen LogP contribution >= 0.6 is 24.8 Å². The SMILES string of the molecule is COc1ccc(-c2cc(C(=O)N3CCC(N)C(C)(C)C3)c3ccccc3n2)cc1.Cl.Cl. The van der Waals surface area contributed by atoms with E-state index in [0.717, 1.165) is 34.3 Å². The van der Waals surface area contributed by atoms with Crippen molar-refractivity contribution in [3.05, 3.63) is 60.2 Å². The Morgan fingerprint density at radius 3 is 2.45 bits per heavy atom. The number of likely N-dealkylation sites (tertiary alicyclic amines) is 1. The first-order chi connectivity index (χ1) is 13.9. The number of piperidine rings is 1. The second-order valence-corrected chi connectivity index (χ2v) is 8.41. The molecule has 0 saturated carbocycles. The Bertz CT molecular complexity index is 1050. The summed E-state index contributed by atoms with van der Waals surface area (Å²) < 4.78 is 5.25. The molecule has 1 amide bonds. The number of hydrogen-bond donors (Lipinski definition) is 1. The first-order valence-electron chi connectivity index (χ1n) is 9.98. The number of methoxy groups -OCH3 is 1. The molecule has 7 heteroatoms. The fourth-order valence-corrected chi connectivity index (χ4v) is 3.98. The number of carbonyl (C=O) groups is 1. The molecule has 1 aliphatic heterocycles. The quantitative estimate of drug-likeness (QED) is 0.598. The number of aromatic nitrogens is 1. The van der Waals surface area contributed by atoms with E-state index in [9.17, 15) is 4.79 Å². The van der Waals surface area contributed by atoms with Crippen LogP contribution in [0.15, 0.2) is 54.6 Å². The zero-order valence-electron chi connectivity index (χ0n) is 18.0. The largest absolute Gasteiger partial charge is 0.497 e. The lowest BCUT2D eigenvalue weighted by Gasteiger charge is -2.42. The van der Waals surface area contributed by atoms with Gasteiger partial charge in [-0.2, -0.15) is 0 Å². The molecule has 166 valence electrons. The number of halogens is 2. The monoisotopic (exact) mass is 461 g/mol. The van der Waals surface area contributed by atoms with Gasteiger partial charge < -0.3 is 15.4 Å². The number of ether oxygens (including phenoxy) is 1. The molecule has 2 heterocycles. The Morgan fingerprint density at radius 2 is 1.81 bits per heavy atom. The topological polar surface area (TPSA) is 68.5 Å². The van der Waals surface area contributed by atoms with Crippen LogP contribution in [-0.2, 0) is 0 Å². The van der Waals surface area contributed by atoms with Crippen molar-refractivity contribution in [1.29, 1.82) is 0 Å². The highest BCUT2D eigenvalue weighted by atomic mass is 35.5. The van der Waals surface area contributed by atoms with Gasteiger partial charge in [-0.15, -0.1) is 24.8 Å².